The van der Waals surface area contributed by atoms with Gasteiger partial charge >= 0.3 is 0 Å². The van der Waals surface area contributed by atoms with E-state index in [9.17, 15) is 8.42 Å². The van der Waals surface area contributed by atoms with Crippen LogP contribution in [0.5, 0.6) is 11.5 Å². The molecule has 2 aromatic carbocycles. The van der Waals surface area contributed by atoms with E-state index in [1.54, 1.807) is 36.4 Å². The molecule has 160 valence electrons. The molecule has 1 aromatic heterocycles. The van der Waals surface area contributed by atoms with Gasteiger partial charge in [-0.15, -0.1) is 10.2 Å². The maximum Gasteiger partial charge on any atom is 0.231 e. The largest absolute Gasteiger partial charge is 0.454 e. The Labute approximate surface area is 181 Å². The lowest BCUT2D eigenvalue weighted by Crippen LogP contribution is -2.46. The van der Waals surface area contributed by atoms with Crippen LogP contribution in [0.3, 0.4) is 0 Å². The number of aromatic nitrogens is 2. The van der Waals surface area contributed by atoms with Crippen LogP contribution in [-0.2, 0) is 16.4 Å². The van der Waals surface area contributed by atoms with Gasteiger partial charge in [-0.05, 0) is 42.0 Å². The summed E-state index contributed by atoms with van der Waals surface area (Å²) < 4.78 is 36.2. The molecule has 3 heterocycles. The summed E-state index contributed by atoms with van der Waals surface area (Å²) in [6.07, 6.45) is 0. The molecule has 1 fully saturated rings. The molecule has 0 radical (unpaired) electrons. The third-order valence-corrected chi connectivity index (χ3v) is 7.16. The lowest BCUT2D eigenvalue weighted by Gasteiger charge is -2.35. The maximum atomic E-state index is 12.7. The quantitative estimate of drug-likeness (QED) is 0.600. The second-order valence-electron chi connectivity index (χ2n) is 7.50. The molecule has 0 unspecified atom stereocenters. The number of ether oxygens (including phenoxy) is 2. The van der Waals surface area contributed by atoms with Gasteiger partial charge in [0.1, 0.15) is 0 Å². The van der Waals surface area contributed by atoms with E-state index in [1.165, 1.54) is 11.6 Å². The standard InChI is InChI=1S/C22H22N4O4S/c27-31(28,18-4-2-1-3-5-18)22-9-8-21(23-24-22)26-12-10-25(11-13-26)15-17-6-7-19-20(14-17)30-16-29-19/h1-9,14H,10-13,15-16H2. The highest BCUT2D eigenvalue weighted by molar-refractivity contribution is 7.91. The summed E-state index contributed by atoms with van der Waals surface area (Å²) in [4.78, 5) is 4.71. The minimum Gasteiger partial charge on any atom is -0.454 e. The fourth-order valence-corrected chi connectivity index (χ4v) is 4.93. The van der Waals surface area contributed by atoms with Gasteiger partial charge in [-0.3, -0.25) is 4.90 Å². The van der Waals surface area contributed by atoms with Crippen molar-refractivity contribution < 1.29 is 17.9 Å². The van der Waals surface area contributed by atoms with Crippen LogP contribution in [0.1, 0.15) is 5.56 Å². The molecule has 0 bridgehead atoms. The third-order valence-electron chi connectivity index (χ3n) is 5.49. The smallest absolute Gasteiger partial charge is 0.231 e. The molecule has 2 aliphatic heterocycles. The van der Waals surface area contributed by atoms with Gasteiger partial charge in [-0.25, -0.2) is 8.42 Å². The highest BCUT2D eigenvalue weighted by Crippen LogP contribution is 2.33. The van der Waals surface area contributed by atoms with Crippen molar-refractivity contribution in [1.29, 1.82) is 0 Å². The zero-order chi connectivity index (χ0) is 21.3. The van der Waals surface area contributed by atoms with Gasteiger partial charge in [-0.2, -0.15) is 0 Å². The fraction of sp³-hybridized carbons (Fsp3) is 0.273. The Kier molecular flexibility index (Phi) is 5.21. The summed E-state index contributed by atoms with van der Waals surface area (Å²) in [7, 11) is -3.65. The second-order valence-corrected chi connectivity index (χ2v) is 9.39. The van der Waals surface area contributed by atoms with Crippen molar-refractivity contribution in [3.63, 3.8) is 0 Å². The summed E-state index contributed by atoms with van der Waals surface area (Å²) in [5.74, 6) is 2.29. The molecule has 0 atom stereocenters. The van der Waals surface area contributed by atoms with Crippen molar-refractivity contribution >= 4 is 15.7 Å². The monoisotopic (exact) mass is 438 g/mol. The third kappa shape index (κ3) is 4.06. The highest BCUT2D eigenvalue weighted by Gasteiger charge is 2.23. The number of anilines is 1. The van der Waals surface area contributed by atoms with Gasteiger partial charge in [0.25, 0.3) is 0 Å². The van der Waals surface area contributed by atoms with Crippen LogP contribution in [0.4, 0.5) is 5.82 Å². The Bertz CT molecular complexity index is 1160. The molecule has 8 nitrogen and oxygen atoms in total. The lowest BCUT2D eigenvalue weighted by molar-refractivity contribution is 0.174. The van der Waals surface area contributed by atoms with Gasteiger partial charge in [0.15, 0.2) is 22.3 Å². The van der Waals surface area contributed by atoms with Gasteiger partial charge in [0, 0.05) is 32.7 Å². The van der Waals surface area contributed by atoms with Crippen molar-refractivity contribution in [1.82, 2.24) is 15.1 Å². The number of hydrogen-bond acceptors (Lipinski definition) is 8. The van der Waals surface area contributed by atoms with E-state index in [2.05, 4.69) is 26.1 Å². The molecular formula is C22H22N4O4S. The van der Waals surface area contributed by atoms with Crippen LogP contribution in [0.2, 0.25) is 0 Å². The highest BCUT2D eigenvalue weighted by atomic mass is 32.2. The lowest BCUT2D eigenvalue weighted by atomic mass is 10.1. The van der Waals surface area contributed by atoms with Gasteiger partial charge in [-0.1, -0.05) is 24.3 Å². The van der Waals surface area contributed by atoms with Crippen LogP contribution in [0.25, 0.3) is 0 Å². The summed E-state index contributed by atoms with van der Waals surface area (Å²) in [5, 5.41) is 8.16. The molecule has 3 aromatic rings. The molecule has 1 saturated heterocycles. The van der Waals surface area contributed by atoms with Gasteiger partial charge in [0.2, 0.25) is 16.6 Å². The fourth-order valence-electron chi connectivity index (χ4n) is 3.78. The molecule has 5 rings (SSSR count). The SMILES string of the molecule is O=S(=O)(c1ccccc1)c1ccc(N2CCN(Cc3ccc4c(c3)OCO4)CC2)nn1. The van der Waals surface area contributed by atoms with E-state index in [-0.39, 0.29) is 16.7 Å². The summed E-state index contributed by atoms with van der Waals surface area (Å²) in [6.45, 7) is 4.46. The number of piperazine rings is 1. The maximum absolute atomic E-state index is 12.7. The first-order valence-corrected chi connectivity index (χ1v) is 11.6. The first-order chi connectivity index (χ1) is 15.1. The van der Waals surface area contributed by atoms with E-state index in [1.807, 2.05) is 12.1 Å². The van der Waals surface area contributed by atoms with Crippen LogP contribution < -0.4 is 14.4 Å². The average Bonchev–Trinajstić information content (AvgIpc) is 3.28. The van der Waals surface area contributed by atoms with Crippen LogP contribution in [0, 0.1) is 0 Å². The molecule has 0 N–H and O–H groups in total. The van der Waals surface area contributed by atoms with E-state index in [4.69, 9.17) is 9.47 Å². The van der Waals surface area contributed by atoms with E-state index < -0.39 is 9.84 Å². The van der Waals surface area contributed by atoms with E-state index >= 15 is 0 Å². The predicted molar refractivity (Wildman–Crippen MR) is 114 cm³/mol. The van der Waals surface area contributed by atoms with Crippen LogP contribution in [0.15, 0.2) is 70.6 Å². The molecule has 0 amide bonds. The van der Waals surface area contributed by atoms with Crippen molar-refractivity contribution in [3.05, 3.63) is 66.2 Å². The molecule has 9 heteroatoms. The molecule has 2 aliphatic rings. The Hall–Kier alpha value is -3.17. The average molecular weight is 439 g/mol. The Morgan fingerprint density at radius 1 is 0.839 bits per heavy atom. The molecule has 31 heavy (non-hydrogen) atoms. The van der Waals surface area contributed by atoms with Crippen LogP contribution >= 0.6 is 0 Å². The molecule has 0 spiro atoms. The van der Waals surface area contributed by atoms with Crippen molar-refractivity contribution in [2.24, 2.45) is 0 Å². The second kappa shape index (κ2) is 8.16. The molecule has 0 saturated carbocycles. The van der Waals surface area contributed by atoms with Crippen molar-refractivity contribution in [3.8, 4) is 11.5 Å². The van der Waals surface area contributed by atoms with Crippen LogP contribution in [-0.4, -0.2) is 56.5 Å². The minimum atomic E-state index is -3.65. The molecule has 0 aliphatic carbocycles. The van der Waals surface area contributed by atoms with Gasteiger partial charge in [0.05, 0.1) is 4.90 Å². The number of sulfone groups is 1. The van der Waals surface area contributed by atoms with Crippen molar-refractivity contribution in [2.45, 2.75) is 16.5 Å². The van der Waals surface area contributed by atoms with E-state index in [0.717, 1.165) is 44.2 Å². The summed E-state index contributed by atoms with van der Waals surface area (Å²) in [5.41, 5.74) is 1.19. The number of rotatable bonds is 5. The predicted octanol–water partition coefficient (Wildman–Crippen LogP) is 2.36. The van der Waals surface area contributed by atoms with Crippen molar-refractivity contribution in [2.75, 3.05) is 37.9 Å². The number of fused-ring (bicyclic) bond motifs is 1. The Morgan fingerprint density at radius 3 is 2.35 bits per heavy atom. The Balaban J connectivity index is 1.21. The number of benzene rings is 2. The van der Waals surface area contributed by atoms with E-state index in [0.29, 0.717) is 5.82 Å². The Morgan fingerprint density at radius 2 is 1.61 bits per heavy atom. The number of nitrogens with zero attached hydrogens (tertiary/aromatic N) is 4. The first-order valence-electron chi connectivity index (χ1n) is 10.1. The molecular weight excluding hydrogens is 416 g/mol. The first kappa shape index (κ1) is 19.8. The summed E-state index contributed by atoms with van der Waals surface area (Å²) in [6, 6.07) is 17.6. The zero-order valence-electron chi connectivity index (χ0n) is 16.8. The zero-order valence-corrected chi connectivity index (χ0v) is 17.7. The summed E-state index contributed by atoms with van der Waals surface area (Å²) >= 11 is 0. The topological polar surface area (TPSA) is 84.9 Å². The number of hydrogen-bond donors (Lipinski definition) is 0. The normalized spacial score (nSPS) is 16.5. The minimum absolute atomic E-state index is 0.0381. The van der Waals surface area contributed by atoms with Gasteiger partial charge < -0.3 is 14.4 Å².